The van der Waals surface area contributed by atoms with Crippen LogP contribution in [0.2, 0.25) is 0 Å². The molecule has 0 spiro atoms. The molecule has 0 radical (unpaired) electrons. The van der Waals surface area contributed by atoms with Crippen LogP contribution in [-0.4, -0.2) is 47.7 Å². The normalized spacial score (nSPS) is 15.8. The van der Waals surface area contributed by atoms with Crippen LogP contribution < -0.4 is 5.32 Å². The number of nitrogens with one attached hydrogen (secondary N) is 1. The number of oxazole rings is 1. The van der Waals surface area contributed by atoms with Crippen molar-refractivity contribution in [1.82, 2.24) is 14.9 Å². The summed E-state index contributed by atoms with van der Waals surface area (Å²) < 4.78 is 11.5. The Balaban J connectivity index is 1.57. The summed E-state index contributed by atoms with van der Waals surface area (Å²) >= 11 is 0. The fraction of sp³-hybridized carbons (Fsp3) is 0.400. The van der Waals surface area contributed by atoms with E-state index in [4.69, 9.17) is 9.15 Å². The third kappa shape index (κ3) is 4.98. The zero-order valence-corrected chi connectivity index (χ0v) is 18.8. The zero-order valence-electron chi connectivity index (χ0n) is 18.8. The number of morpholine rings is 1. The highest BCUT2D eigenvalue weighted by atomic mass is 16.5. The molecule has 32 heavy (non-hydrogen) atoms. The number of ether oxygens (including phenoxy) is 1. The van der Waals surface area contributed by atoms with Gasteiger partial charge in [-0.15, -0.1) is 0 Å². The molecule has 3 aromatic rings. The molecule has 166 valence electrons. The van der Waals surface area contributed by atoms with Crippen LogP contribution in [0.4, 0.5) is 5.88 Å². The Morgan fingerprint density at radius 3 is 2.53 bits per heavy atom. The van der Waals surface area contributed by atoms with E-state index in [2.05, 4.69) is 71.3 Å². The second-order valence-electron chi connectivity index (χ2n) is 8.97. The Morgan fingerprint density at radius 2 is 1.91 bits per heavy atom. The summed E-state index contributed by atoms with van der Waals surface area (Å²) in [5.41, 5.74) is 3.61. The smallest absolute Gasteiger partial charge is 0.232 e. The van der Waals surface area contributed by atoms with Gasteiger partial charge in [-0.05, 0) is 28.7 Å². The van der Waals surface area contributed by atoms with Gasteiger partial charge in [-0.3, -0.25) is 9.88 Å². The van der Waals surface area contributed by atoms with Crippen molar-refractivity contribution in [2.24, 2.45) is 0 Å². The number of nitriles is 1. The number of aromatic nitrogens is 2. The van der Waals surface area contributed by atoms with Crippen molar-refractivity contribution >= 4 is 5.88 Å². The first-order chi connectivity index (χ1) is 15.5. The first-order valence-electron chi connectivity index (χ1n) is 10.9. The summed E-state index contributed by atoms with van der Waals surface area (Å²) in [6.07, 6.45) is 3.36. The molecule has 0 aliphatic carbocycles. The molecule has 1 atom stereocenters. The van der Waals surface area contributed by atoms with Crippen LogP contribution in [0, 0.1) is 11.3 Å². The molecule has 7 nitrogen and oxygen atoms in total. The van der Waals surface area contributed by atoms with Crippen molar-refractivity contribution in [2.45, 2.75) is 32.2 Å². The van der Waals surface area contributed by atoms with Gasteiger partial charge < -0.3 is 14.5 Å². The summed E-state index contributed by atoms with van der Waals surface area (Å²) in [5.74, 6) is 0.769. The molecular weight excluding hydrogens is 402 g/mol. The maximum atomic E-state index is 9.56. The van der Waals surface area contributed by atoms with Gasteiger partial charge in [0.25, 0.3) is 0 Å². The third-order valence-electron chi connectivity index (χ3n) is 5.75. The van der Waals surface area contributed by atoms with Gasteiger partial charge in [0.05, 0.1) is 24.8 Å². The van der Waals surface area contributed by atoms with Crippen LogP contribution in [0.15, 0.2) is 53.2 Å². The minimum atomic E-state index is 0.107. The van der Waals surface area contributed by atoms with Crippen molar-refractivity contribution in [2.75, 3.05) is 38.2 Å². The fourth-order valence-electron chi connectivity index (χ4n) is 3.87. The maximum Gasteiger partial charge on any atom is 0.232 e. The number of hydrogen-bond acceptors (Lipinski definition) is 7. The highest BCUT2D eigenvalue weighted by Gasteiger charge is 2.25. The Morgan fingerprint density at radius 1 is 1.16 bits per heavy atom. The topological polar surface area (TPSA) is 87.2 Å². The number of nitrogens with zero attached hydrogens (tertiary/aromatic N) is 4. The molecule has 4 rings (SSSR count). The van der Waals surface area contributed by atoms with Crippen LogP contribution in [0.3, 0.4) is 0 Å². The lowest BCUT2D eigenvalue weighted by atomic mass is 9.86. The third-order valence-corrected chi connectivity index (χ3v) is 5.75. The monoisotopic (exact) mass is 431 g/mol. The molecular formula is C25H29N5O2. The lowest BCUT2D eigenvalue weighted by Crippen LogP contribution is -2.41. The van der Waals surface area contributed by atoms with Crippen molar-refractivity contribution < 1.29 is 9.15 Å². The van der Waals surface area contributed by atoms with E-state index >= 15 is 0 Å². The summed E-state index contributed by atoms with van der Waals surface area (Å²) in [5, 5.41) is 12.9. The molecule has 0 saturated carbocycles. The Hall–Kier alpha value is -3.21. The molecule has 0 bridgehead atoms. The van der Waals surface area contributed by atoms with E-state index < -0.39 is 0 Å². The number of rotatable bonds is 6. The van der Waals surface area contributed by atoms with E-state index in [1.54, 1.807) is 12.4 Å². The summed E-state index contributed by atoms with van der Waals surface area (Å²) in [7, 11) is 0. The van der Waals surface area contributed by atoms with Gasteiger partial charge in [0.15, 0.2) is 0 Å². The van der Waals surface area contributed by atoms with Gasteiger partial charge in [0, 0.05) is 32.0 Å². The van der Waals surface area contributed by atoms with E-state index in [0.717, 1.165) is 18.7 Å². The molecule has 0 amide bonds. The van der Waals surface area contributed by atoms with Gasteiger partial charge in [0.2, 0.25) is 17.5 Å². The van der Waals surface area contributed by atoms with Gasteiger partial charge in [-0.1, -0.05) is 45.0 Å². The van der Waals surface area contributed by atoms with Crippen LogP contribution in [-0.2, 0) is 10.2 Å². The fourth-order valence-corrected chi connectivity index (χ4v) is 3.87. The second-order valence-corrected chi connectivity index (χ2v) is 8.97. The average Bonchev–Trinajstić information content (AvgIpc) is 3.24. The predicted molar refractivity (Wildman–Crippen MR) is 123 cm³/mol. The molecule has 2 aromatic heterocycles. The SMILES string of the molecule is CC(C)(C)c1ccc(C(CNc2oc(-c3cccnc3)nc2C#N)N2CCOCC2)cc1. The number of benzene rings is 1. The molecule has 3 heterocycles. The zero-order chi connectivity index (χ0) is 22.6. The maximum absolute atomic E-state index is 9.56. The molecule has 1 aromatic carbocycles. The van der Waals surface area contributed by atoms with Crippen molar-refractivity contribution in [3.05, 3.63) is 65.6 Å². The number of pyridine rings is 1. The molecule has 1 saturated heterocycles. The van der Waals surface area contributed by atoms with E-state index in [1.807, 2.05) is 12.1 Å². The van der Waals surface area contributed by atoms with Gasteiger partial charge in [0.1, 0.15) is 6.07 Å². The van der Waals surface area contributed by atoms with Crippen molar-refractivity contribution in [1.29, 1.82) is 5.26 Å². The number of anilines is 1. The average molecular weight is 432 g/mol. The molecule has 1 N–H and O–H groups in total. The van der Waals surface area contributed by atoms with Crippen LogP contribution in [0.25, 0.3) is 11.5 Å². The van der Waals surface area contributed by atoms with Crippen LogP contribution >= 0.6 is 0 Å². The molecule has 1 fully saturated rings. The van der Waals surface area contributed by atoms with E-state index in [0.29, 0.717) is 31.5 Å². The van der Waals surface area contributed by atoms with Crippen LogP contribution in [0.1, 0.15) is 43.6 Å². The second kappa shape index (κ2) is 9.51. The lowest BCUT2D eigenvalue weighted by Gasteiger charge is -2.35. The van der Waals surface area contributed by atoms with Gasteiger partial charge >= 0.3 is 0 Å². The first kappa shape index (κ1) is 22.0. The van der Waals surface area contributed by atoms with E-state index in [1.165, 1.54) is 11.1 Å². The number of hydrogen-bond donors (Lipinski definition) is 1. The van der Waals surface area contributed by atoms with Crippen molar-refractivity contribution in [3.63, 3.8) is 0 Å². The van der Waals surface area contributed by atoms with E-state index in [9.17, 15) is 5.26 Å². The lowest BCUT2D eigenvalue weighted by molar-refractivity contribution is 0.0186. The Labute approximate surface area is 189 Å². The minimum absolute atomic E-state index is 0.107. The molecule has 1 aliphatic heterocycles. The quantitative estimate of drug-likeness (QED) is 0.619. The summed E-state index contributed by atoms with van der Waals surface area (Å²) in [6.45, 7) is 10.4. The van der Waals surface area contributed by atoms with Gasteiger partial charge in [-0.25, -0.2) is 0 Å². The van der Waals surface area contributed by atoms with Gasteiger partial charge in [-0.2, -0.15) is 10.2 Å². The standard InChI is InChI=1S/C25H29N5O2/c1-25(2,3)20-8-6-18(7-9-20)22(30-11-13-31-14-12-30)17-28-24-21(15-26)29-23(32-24)19-5-4-10-27-16-19/h4-10,16,22,28H,11-14,17H2,1-3H3. The largest absolute Gasteiger partial charge is 0.419 e. The van der Waals surface area contributed by atoms with Crippen molar-refractivity contribution in [3.8, 4) is 17.5 Å². The molecule has 1 unspecified atom stereocenters. The summed E-state index contributed by atoms with van der Waals surface area (Å²) in [6, 6.07) is 14.7. The summed E-state index contributed by atoms with van der Waals surface area (Å²) in [4.78, 5) is 10.8. The highest BCUT2D eigenvalue weighted by Crippen LogP contribution is 2.29. The molecule has 1 aliphatic rings. The Bertz CT molecular complexity index is 1060. The van der Waals surface area contributed by atoms with E-state index in [-0.39, 0.29) is 17.2 Å². The first-order valence-corrected chi connectivity index (χ1v) is 10.9. The Kier molecular flexibility index (Phi) is 6.54. The minimum Gasteiger partial charge on any atom is -0.419 e. The van der Waals surface area contributed by atoms with Crippen LogP contribution in [0.5, 0.6) is 0 Å². The molecule has 7 heteroatoms. The highest BCUT2D eigenvalue weighted by molar-refractivity contribution is 5.57. The predicted octanol–water partition coefficient (Wildman–Crippen LogP) is 4.39.